The molecule has 0 fully saturated rings. The van der Waals surface area contributed by atoms with Crippen LogP contribution in [-0.4, -0.2) is 46.2 Å². The van der Waals surface area contributed by atoms with E-state index >= 15 is 0 Å². The van der Waals surface area contributed by atoms with Gasteiger partial charge in [-0.05, 0) is 30.2 Å². The molecule has 3 N–H and O–H groups in total. The van der Waals surface area contributed by atoms with Crippen molar-refractivity contribution in [2.24, 2.45) is 4.99 Å². The van der Waals surface area contributed by atoms with Gasteiger partial charge in [-0.15, -0.1) is 24.0 Å². The van der Waals surface area contributed by atoms with Crippen LogP contribution < -0.4 is 10.6 Å². The van der Waals surface area contributed by atoms with Crippen LogP contribution >= 0.6 is 24.0 Å². The van der Waals surface area contributed by atoms with E-state index in [1.807, 2.05) is 24.3 Å². The molecule has 30 heavy (non-hydrogen) atoms. The van der Waals surface area contributed by atoms with Crippen molar-refractivity contribution < 1.29 is 4.52 Å². The van der Waals surface area contributed by atoms with Gasteiger partial charge in [0.05, 0.1) is 0 Å². The van der Waals surface area contributed by atoms with Crippen LogP contribution in [0.15, 0.2) is 64.4 Å². The molecule has 0 aliphatic carbocycles. The van der Waals surface area contributed by atoms with Crippen LogP contribution in [0.4, 0.5) is 0 Å². The van der Waals surface area contributed by atoms with Crippen LogP contribution in [0.1, 0.15) is 11.4 Å². The maximum absolute atomic E-state index is 5.28. The largest absolute Gasteiger partial charge is 0.361 e. The van der Waals surface area contributed by atoms with Gasteiger partial charge >= 0.3 is 0 Å². The Labute approximate surface area is 191 Å². The number of para-hydroxylation sites is 1. The molecule has 0 bridgehead atoms. The number of fused-ring (bicyclic) bond motifs is 1. The average molecular weight is 517 g/mol. The Hall–Kier alpha value is -2.95. The fourth-order valence-electron chi connectivity index (χ4n) is 3.12. The number of aliphatic imine (C=N–C) groups is 1. The van der Waals surface area contributed by atoms with Gasteiger partial charge < -0.3 is 20.1 Å². The molecule has 0 aliphatic heterocycles. The van der Waals surface area contributed by atoms with E-state index < -0.39 is 0 Å². The van der Waals surface area contributed by atoms with Crippen molar-refractivity contribution in [3.05, 3.63) is 66.2 Å². The van der Waals surface area contributed by atoms with Crippen molar-refractivity contribution in [1.29, 1.82) is 0 Å². The van der Waals surface area contributed by atoms with E-state index in [1.165, 1.54) is 10.9 Å². The van der Waals surface area contributed by atoms with Gasteiger partial charge in [-0.2, -0.15) is 4.98 Å². The minimum atomic E-state index is 0. The first-order valence-electron chi connectivity index (χ1n) is 9.57. The lowest BCUT2D eigenvalue weighted by Gasteiger charge is -2.10. The van der Waals surface area contributed by atoms with Crippen LogP contribution in [-0.2, 0) is 12.8 Å². The number of halogens is 1. The molecular formula is C21H24IN7O. The fraction of sp³-hybridized carbons (Fsp3) is 0.238. The summed E-state index contributed by atoms with van der Waals surface area (Å²) < 4.78 is 5.28. The van der Waals surface area contributed by atoms with Crippen LogP contribution in [0.3, 0.4) is 0 Å². The quantitative estimate of drug-likeness (QED) is 0.198. The minimum absolute atomic E-state index is 0. The summed E-state index contributed by atoms with van der Waals surface area (Å²) in [6, 6.07) is 13.9. The van der Waals surface area contributed by atoms with Gasteiger partial charge in [0.15, 0.2) is 11.8 Å². The maximum atomic E-state index is 5.28. The first-order chi connectivity index (χ1) is 14.3. The van der Waals surface area contributed by atoms with Crippen LogP contribution in [0.2, 0.25) is 0 Å². The predicted molar refractivity (Wildman–Crippen MR) is 128 cm³/mol. The summed E-state index contributed by atoms with van der Waals surface area (Å²) in [5, 5.41) is 11.9. The summed E-state index contributed by atoms with van der Waals surface area (Å²) in [4.78, 5) is 16.2. The zero-order valence-corrected chi connectivity index (χ0v) is 19.0. The molecule has 8 nitrogen and oxygen atoms in total. The topological polar surface area (TPSA) is 104 Å². The molecule has 0 saturated carbocycles. The molecule has 0 radical (unpaired) electrons. The number of pyridine rings is 1. The number of guanidine groups is 1. The van der Waals surface area contributed by atoms with E-state index in [-0.39, 0.29) is 24.0 Å². The third kappa shape index (κ3) is 5.35. The van der Waals surface area contributed by atoms with Crippen molar-refractivity contribution in [3.8, 4) is 11.6 Å². The summed E-state index contributed by atoms with van der Waals surface area (Å²) in [6.45, 7) is 1.43. The molecule has 3 aromatic heterocycles. The monoisotopic (exact) mass is 517 g/mol. The Bertz CT molecular complexity index is 1090. The molecule has 4 rings (SSSR count). The molecule has 0 saturated heterocycles. The lowest BCUT2D eigenvalue weighted by atomic mass is 10.1. The molecule has 9 heteroatoms. The molecule has 4 aromatic rings. The van der Waals surface area contributed by atoms with Crippen molar-refractivity contribution >= 4 is 40.8 Å². The third-order valence-corrected chi connectivity index (χ3v) is 4.58. The molecule has 156 valence electrons. The molecule has 0 unspecified atom stereocenters. The van der Waals surface area contributed by atoms with Gasteiger partial charge in [-0.1, -0.05) is 29.4 Å². The minimum Gasteiger partial charge on any atom is -0.361 e. The van der Waals surface area contributed by atoms with E-state index in [4.69, 9.17) is 4.52 Å². The summed E-state index contributed by atoms with van der Waals surface area (Å²) >= 11 is 0. The Morgan fingerprint density at radius 2 is 1.87 bits per heavy atom. The van der Waals surface area contributed by atoms with Gasteiger partial charge in [-0.3, -0.25) is 9.98 Å². The smallest absolute Gasteiger partial charge is 0.276 e. The zero-order valence-electron chi connectivity index (χ0n) is 16.6. The fourth-order valence-corrected chi connectivity index (χ4v) is 3.12. The molecule has 0 aliphatic rings. The van der Waals surface area contributed by atoms with Gasteiger partial charge in [0.1, 0.15) is 5.69 Å². The summed E-state index contributed by atoms with van der Waals surface area (Å²) in [5.74, 6) is 1.81. The van der Waals surface area contributed by atoms with Crippen LogP contribution in [0, 0.1) is 0 Å². The second-order valence-corrected chi connectivity index (χ2v) is 6.52. The number of H-pyrrole nitrogens is 1. The Kier molecular flexibility index (Phi) is 7.77. The van der Waals surface area contributed by atoms with Crippen molar-refractivity contribution in [3.63, 3.8) is 0 Å². The molecule has 0 spiro atoms. The highest BCUT2D eigenvalue weighted by atomic mass is 127. The van der Waals surface area contributed by atoms with E-state index in [1.54, 1.807) is 13.2 Å². The van der Waals surface area contributed by atoms with Crippen molar-refractivity contribution in [2.75, 3.05) is 20.1 Å². The standard InChI is InChI=1S/C21H23N7O.HI/c1-22-21(24-12-9-15-14-26-17-7-3-2-6-16(15)17)25-13-10-19-27-20(29-28-19)18-8-4-5-11-23-18;/h2-8,11,14,26H,9-10,12-13H2,1H3,(H2,22,24,25);1H. The first kappa shape index (κ1) is 21.8. The van der Waals surface area contributed by atoms with E-state index in [9.17, 15) is 0 Å². The summed E-state index contributed by atoms with van der Waals surface area (Å²) in [5.41, 5.74) is 3.13. The predicted octanol–water partition coefficient (Wildman–Crippen LogP) is 3.18. The normalized spacial score (nSPS) is 11.3. The first-order valence-corrected chi connectivity index (χ1v) is 9.57. The number of nitrogens with zero attached hydrogens (tertiary/aromatic N) is 4. The number of hydrogen-bond donors (Lipinski definition) is 3. The lowest BCUT2D eigenvalue weighted by Crippen LogP contribution is -2.39. The maximum Gasteiger partial charge on any atom is 0.276 e. The number of aromatic nitrogens is 4. The van der Waals surface area contributed by atoms with Crippen LogP contribution in [0.25, 0.3) is 22.5 Å². The molecule has 0 atom stereocenters. The average Bonchev–Trinajstić information content (AvgIpc) is 3.41. The second-order valence-electron chi connectivity index (χ2n) is 6.52. The van der Waals surface area contributed by atoms with Crippen molar-refractivity contribution in [2.45, 2.75) is 12.8 Å². The summed E-state index contributed by atoms with van der Waals surface area (Å²) in [6.07, 6.45) is 5.30. The van der Waals surface area contributed by atoms with Gasteiger partial charge in [0.2, 0.25) is 0 Å². The van der Waals surface area contributed by atoms with Crippen LogP contribution in [0.5, 0.6) is 0 Å². The highest BCUT2D eigenvalue weighted by Crippen LogP contribution is 2.17. The lowest BCUT2D eigenvalue weighted by molar-refractivity contribution is 0.421. The summed E-state index contributed by atoms with van der Waals surface area (Å²) in [7, 11) is 1.76. The number of benzene rings is 1. The third-order valence-electron chi connectivity index (χ3n) is 4.58. The molecule has 3 heterocycles. The van der Waals surface area contributed by atoms with E-state index in [2.05, 4.69) is 60.1 Å². The Morgan fingerprint density at radius 3 is 2.67 bits per heavy atom. The SMILES string of the molecule is CN=C(NCCc1noc(-c2ccccn2)n1)NCCc1c[nH]c2ccccc12.I. The van der Waals surface area contributed by atoms with Gasteiger partial charge in [0, 0.05) is 49.9 Å². The Balaban J connectivity index is 0.00000256. The molecule has 1 aromatic carbocycles. The number of nitrogens with one attached hydrogen (secondary N) is 3. The number of rotatable bonds is 7. The highest BCUT2D eigenvalue weighted by molar-refractivity contribution is 14.0. The highest BCUT2D eigenvalue weighted by Gasteiger charge is 2.09. The molecular weight excluding hydrogens is 493 g/mol. The number of hydrogen-bond acceptors (Lipinski definition) is 5. The second kappa shape index (κ2) is 10.7. The molecule has 0 amide bonds. The zero-order chi connectivity index (χ0) is 19.9. The Morgan fingerprint density at radius 1 is 1.07 bits per heavy atom. The van der Waals surface area contributed by atoms with Gasteiger partial charge in [0.25, 0.3) is 5.89 Å². The van der Waals surface area contributed by atoms with E-state index in [0.717, 1.165) is 24.4 Å². The van der Waals surface area contributed by atoms with Gasteiger partial charge in [-0.25, -0.2) is 0 Å². The van der Waals surface area contributed by atoms with Crippen molar-refractivity contribution in [1.82, 2.24) is 30.7 Å². The van der Waals surface area contributed by atoms with E-state index in [0.29, 0.717) is 30.4 Å². The number of aromatic amines is 1.